The third-order valence-corrected chi connectivity index (χ3v) is 8.18. The van der Waals surface area contributed by atoms with Gasteiger partial charge in [-0.1, -0.05) is 19.1 Å². The molecule has 0 N–H and O–H groups in total. The van der Waals surface area contributed by atoms with E-state index in [2.05, 4.69) is 31.9 Å². The van der Waals surface area contributed by atoms with Crippen molar-refractivity contribution >= 4 is 33.9 Å². The van der Waals surface area contributed by atoms with Gasteiger partial charge in [0.2, 0.25) is 11.9 Å². The summed E-state index contributed by atoms with van der Waals surface area (Å²) in [4.78, 5) is 39.4. The third-order valence-electron chi connectivity index (χ3n) is 8.18. The number of imidazole rings is 2. The molecule has 0 unspecified atom stereocenters. The Labute approximate surface area is 227 Å². The Morgan fingerprint density at radius 3 is 2.56 bits per heavy atom. The molecule has 2 aliphatic heterocycles. The first-order chi connectivity index (χ1) is 19.1. The topological polar surface area (TPSA) is 97.4 Å². The van der Waals surface area contributed by atoms with Gasteiger partial charge >= 0.3 is 0 Å². The number of benzene rings is 1. The first kappa shape index (κ1) is 24.5. The number of carbonyl (C=O) groups is 1. The molecule has 0 bridgehead atoms. The molecule has 5 heterocycles. The maximum Gasteiger partial charge on any atom is 0.239 e. The molecule has 4 aromatic rings. The van der Waals surface area contributed by atoms with Crippen molar-refractivity contribution < 1.29 is 9.53 Å². The van der Waals surface area contributed by atoms with E-state index in [4.69, 9.17) is 24.7 Å². The molecular weight excluding hydrogens is 494 g/mol. The second kappa shape index (κ2) is 9.87. The van der Waals surface area contributed by atoms with Crippen LogP contribution in [0.25, 0.3) is 28.1 Å². The van der Waals surface area contributed by atoms with Crippen LogP contribution in [-0.2, 0) is 29.5 Å². The Morgan fingerprint density at radius 1 is 0.974 bits per heavy atom. The summed E-state index contributed by atoms with van der Waals surface area (Å²) >= 11 is 0. The van der Waals surface area contributed by atoms with Crippen LogP contribution in [0, 0.1) is 5.92 Å². The number of ether oxygens (including phenoxy) is 1. The number of hydrogen-bond acceptors (Lipinski definition) is 8. The van der Waals surface area contributed by atoms with Crippen LogP contribution in [-0.4, -0.2) is 97.3 Å². The molecule has 0 atom stereocenters. The SMILES string of the molecule is CCc1nc2ccccc2n1-c1nc(N2CCOCC2)c2nc(CN3CCN(CC4CC4)C(=O)C3)n(C)c2n1. The largest absolute Gasteiger partial charge is 0.378 e. The summed E-state index contributed by atoms with van der Waals surface area (Å²) in [7, 11) is 2.02. The number of morpholine rings is 1. The number of piperazine rings is 1. The molecule has 11 heteroatoms. The lowest BCUT2D eigenvalue weighted by molar-refractivity contribution is -0.136. The van der Waals surface area contributed by atoms with E-state index in [1.807, 2.05) is 30.1 Å². The zero-order valence-corrected chi connectivity index (χ0v) is 22.7. The van der Waals surface area contributed by atoms with Crippen molar-refractivity contribution in [3.05, 3.63) is 35.9 Å². The Bertz CT molecular complexity index is 1530. The van der Waals surface area contributed by atoms with Gasteiger partial charge in [-0.15, -0.1) is 0 Å². The van der Waals surface area contributed by atoms with Gasteiger partial charge in [0.15, 0.2) is 17.0 Å². The highest BCUT2D eigenvalue weighted by Crippen LogP contribution is 2.31. The minimum atomic E-state index is 0.224. The molecule has 7 rings (SSSR count). The molecule has 0 spiro atoms. The molecule has 0 radical (unpaired) electrons. The van der Waals surface area contributed by atoms with E-state index in [1.54, 1.807) is 0 Å². The third kappa shape index (κ3) is 4.53. The zero-order valence-electron chi connectivity index (χ0n) is 22.7. The number of fused-ring (bicyclic) bond motifs is 2. The Hall–Kier alpha value is -3.57. The second-order valence-corrected chi connectivity index (χ2v) is 10.9. The van der Waals surface area contributed by atoms with Crippen molar-refractivity contribution in [3.8, 4) is 5.95 Å². The number of aromatic nitrogens is 6. The van der Waals surface area contributed by atoms with Crippen LogP contribution < -0.4 is 4.90 Å². The molecule has 3 aliphatic rings. The highest BCUT2D eigenvalue weighted by molar-refractivity contribution is 5.86. The standard InChI is InChI=1S/C28H35N9O2/c1-3-22-29-20-6-4-5-7-21(20)37(22)28-31-26-25(27(32-28)35-12-14-39-15-13-35)30-23(33(26)2)17-34-10-11-36(24(38)18-34)16-19-8-9-19/h4-7,19H,3,8-18H2,1-2H3. The molecule has 204 valence electrons. The molecule has 1 aromatic carbocycles. The predicted octanol–water partition coefficient (Wildman–Crippen LogP) is 2.16. The minimum Gasteiger partial charge on any atom is -0.378 e. The summed E-state index contributed by atoms with van der Waals surface area (Å²) in [5, 5.41) is 0. The highest BCUT2D eigenvalue weighted by Gasteiger charge is 2.31. The van der Waals surface area contributed by atoms with E-state index < -0.39 is 0 Å². The molecule has 1 saturated carbocycles. The van der Waals surface area contributed by atoms with E-state index in [0.717, 1.165) is 78.8 Å². The van der Waals surface area contributed by atoms with Crippen LogP contribution in [0.1, 0.15) is 31.4 Å². The van der Waals surface area contributed by atoms with Crippen LogP contribution in [0.2, 0.25) is 0 Å². The Balaban J connectivity index is 1.28. The van der Waals surface area contributed by atoms with Crippen LogP contribution in [0.5, 0.6) is 0 Å². The molecule has 11 nitrogen and oxygen atoms in total. The fourth-order valence-electron chi connectivity index (χ4n) is 5.75. The number of anilines is 1. The number of para-hydroxylation sites is 2. The minimum absolute atomic E-state index is 0.224. The van der Waals surface area contributed by atoms with Gasteiger partial charge in [-0.2, -0.15) is 9.97 Å². The molecule has 2 saturated heterocycles. The smallest absolute Gasteiger partial charge is 0.239 e. The van der Waals surface area contributed by atoms with Gasteiger partial charge in [0.05, 0.1) is 37.3 Å². The van der Waals surface area contributed by atoms with Crippen molar-refractivity contribution in [3.63, 3.8) is 0 Å². The van der Waals surface area contributed by atoms with Gasteiger partial charge in [0.25, 0.3) is 0 Å². The van der Waals surface area contributed by atoms with Gasteiger partial charge in [0.1, 0.15) is 11.6 Å². The lowest BCUT2D eigenvalue weighted by atomic mass is 10.2. The lowest BCUT2D eigenvalue weighted by Crippen LogP contribution is -2.50. The number of carbonyl (C=O) groups excluding carboxylic acids is 1. The van der Waals surface area contributed by atoms with Gasteiger partial charge in [-0.3, -0.25) is 14.3 Å². The van der Waals surface area contributed by atoms with Crippen molar-refractivity contribution in [2.24, 2.45) is 13.0 Å². The van der Waals surface area contributed by atoms with Crippen molar-refractivity contribution in [1.29, 1.82) is 0 Å². The van der Waals surface area contributed by atoms with Crippen molar-refractivity contribution in [2.45, 2.75) is 32.7 Å². The van der Waals surface area contributed by atoms with E-state index in [0.29, 0.717) is 38.2 Å². The maximum absolute atomic E-state index is 12.8. The summed E-state index contributed by atoms with van der Waals surface area (Å²) < 4.78 is 9.78. The predicted molar refractivity (Wildman–Crippen MR) is 148 cm³/mol. The average molecular weight is 530 g/mol. The maximum atomic E-state index is 12.8. The number of hydrogen-bond donors (Lipinski definition) is 0. The lowest BCUT2D eigenvalue weighted by Gasteiger charge is -2.34. The molecule has 39 heavy (non-hydrogen) atoms. The zero-order chi connectivity index (χ0) is 26.5. The van der Waals surface area contributed by atoms with Gasteiger partial charge in [0, 0.05) is 46.2 Å². The summed E-state index contributed by atoms with van der Waals surface area (Å²) in [5.41, 5.74) is 3.50. The number of nitrogens with zero attached hydrogens (tertiary/aromatic N) is 9. The molecule has 3 aromatic heterocycles. The van der Waals surface area contributed by atoms with E-state index in [9.17, 15) is 4.79 Å². The van der Waals surface area contributed by atoms with Crippen LogP contribution in [0.3, 0.4) is 0 Å². The van der Waals surface area contributed by atoms with E-state index >= 15 is 0 Å². The second-order valence-electron chi connectivity index (χ2n) is 10.9. The van der Waals surface area contributed by atoms with E-state index in [1.165, 1.54) is 12.8 Å². The van der Waals surface area contributed by atoms with E-state index in [-0.39, 0.29) is 5.91 Å². The first-order valence-corrected chi connectivity index (χ1v) is 14.1. The summed E-state index contributed by atoms with van der Waals surface area (Å²) in [6.45, 7) is 8.51. The first-order valence-electron chi connectivity index (χ1n) is 14.1. The number of aryl methyl sites for hydroxylation is 2. The van der Waals surface area contributed by atoms with Crippen molar-refractivity contribution in [2.75, 3.05) is 57.4 Å². The molecule has 3 fully saturated rings. The monoisotopic (exact) mass is 529 g/mol. The summed E-state index contributed by atoms with van der Waals surface area (Å²) in [6, 6.07) is 8.12. The average Bonchev–Trinajstić information content (AvgIpc) is 3.62. The summed E-state index contributed by atoms with van der Waals surface area (Å²) in [5.74, 6) is 4.18. The fourth-order valence-corrected chi connectivity index (χ4v) is 5.75. The van der Waals surface area contributed by atoms with Crippen molar-refractivity contribution in [1.82, 2.24) is 38.9 Å². The Kier molecular flexibility index (Phi) is 6.19. The normalized spacial score (nSPS) is 19.1. The van der Waals surface area contributed by atoms with Crippen LogP contribution >= 0.6 is 0 Å². The van der Waals surface area contributed by atoms with Gasteiger partial charge < -0.3 is 19.1 Å². The quantitative estimate of drug-likeness (QED) is 0.359. The number of rotatable bonds is 7. The summed E-state index contributed by atoms with van der Waals surface area (Å²) in [6.07, 6.45) is 3.29. The van der Waals surface area contributed by atoms with Crippen LogP contribution in [0.4, 0.5) is 5.82 Å². The fraction of sp³-hybridized carbons (Fsp3) is 0.536. The van der Waals surface area contributed by atoms with Gasteiger partial charge in [-0.25, -0.2) is 9.97 Å². The molecular formula is C28H35N9O2. The van der Waals surface area contributed by atoms with Gasteiger partial charge in [-0.05, 0) is 30.9 Å². The highest BCUT2D eigenvalue weighted by atomic mass is 16.5. The molecule has 1 aliphatic carbocycles. The van der Waals surface area contributed by atoms with Crippen LogP contribution in [0.15, 0.2) is 24.3 Å². The molecule has 1 amide bonds. The number of amides is 1. The Morgan fingerprint density at radius 2 is 1.79 bits per heavy atom.